The number of hydrogen-bond acceptors (Lipinski definition) is 5. The van der Waals surface area contributed by atoms with E-state index in [1.807, 2.05) is 19.1 Å². The highest BCUT2D eigenvalue weighted by molar-refractivity contribution is 7.25. The number of pyridine rings is 1. The van der Waals surface area contributed by atoms with Crippen molar-refractivity contribution >= 4 is 55.0 Å². The Morgan fingerprint density at radius 3 is 2.78 bits per heavy atom. The second kappa shape index (κ2) is 7.09. The molecule has 0 aliphatic carbocycles. The van der Waals surface area contributed by atoms with Crippen LogP contribution in [0, 0.1) is 0 Å². The third-order valence-electron chi connectivity index (χ3n) is 4.32. The SMILES string of the molecule is CC[C@H](C(=O)Nc1ccc(Cl)cc1)n1cnc2c(sc3ncccc32)c1=O. The van der Waals surface area contributed by atoms with Gasteiger partial charge in [0.1, 0.15) is 15.6 Å². The number of hydrogen-bond donors (Lipinski definition) is 1. The molecule has 3 heterocycles. The molecular weight excluding hydrogens is 384 g/mol. The van der Waals surface area contributed by atoms with Crippen molar-refractivity contribution in [3.8, 4) is 0 Å². The number of fused-ring (bicyclic) bond motifs is 3. The van der Waals surface area contributed by atoms with E-state index in [9.17, 15) is 9.59 Å². The molecule has 0 saturated carbocycles. The lowest BCUT2D eigenvalue weighted by Crippen LogP contribution is -2.33. The van der Waals surface area contributed by atoms with E-state index in [1.54, 1.807) is 30.5 Å². The van der Waals surface area contributed by atoms with Gasteiger partial charge in [-0.2, -0.15) is 0 Å². The van der Waals surface area contributed by atoms with Crippen molar-refractivity contribution in [2.45, 2.75) is 19.4 Å². The van der Waals surface area contributed by atoms with Gasteiger partial charge in [0.25, 0.3) is 5.56 Å². The Hall–Kier alpha value is -2.77. The molecule has 6 nitrogen and oxygen atoms in total. The maximum absolute atomic E-state index is 13.0. The number of carbonyl (C=O) groups excluding carboxylic acids is 1. The summed E-state index contributed by atoms with van der Waals surface area (Å²) >= 11 is 7.17. The van der Waals surface area contributed by atoms with Crippen LogP contribution in [0.3, 0.4) is 0 Å². The quantitative estimate of drug-likeness (QED) is 0.557. The fourth-order valence-corrected chi connectivity index (χ4v) is 4.13. The minimum atomic E-state index is -0.664. The first-order chi connectivity index (χ1) is 13.1. The normalized spacial score (nSPS) is 12.4. The number of amides is 1. The van der Waals surface area contributed by atoms with E-state index in [4.69, 9.17) is 11.6 Å². The van der Waals surface area contributed by atoms with Crippen LogP contribution in [0.5, 0.6) is 0 Å². The standard InChI is InChI=1S/C19H15ClN4O2S/c1-2-14(17(25)23-12-7-5-11(20)6-8-12)24-10-22-15-13-4-3-9-21-18(13)27-16(15)19(24)26/h3-10,14H,2H2,1H3,(H,23,25)/t14-/m1/s1. The lowest BCUT2D eigenvalue weighted by molar-refractivity contribution is -0.119. The maximum Gasteiger partial charge on any atom is 0.272 e. The first-order valence-corrected chi connectivity index (χ1v) is 9.58. The van der Waals surface area contributed by atoms with Crippen LogP contribution in [0.2, 0.25) is 5.02 Å². The number of halogens is 1. The molecule has 1 N–H and O–H groups in total. The second-order valence-electron chi connectivity index (χ2n) is 6.01. The third kappa shape index (κ3) is 3.20. The Morgan fingerprint density at radius 2 is 2.04 bits per heavy atom. The van der Waals surface area contributed by atoms with Gasteiger partial charge in [0, 0.05) is 22.3 Å². The minimum Gasteiger partial charge on any atom is -0.324 e. The van der Waals surface area contributed by atoms with Crippen LogP contribution < -0.4 is 10.9 Å². The Morgan fingerprint density at radius 1 is 1.26 bits per heavy atom. The number of anilines is 1. The molecule has 0 spiro atoms. The highest BCUT2D eigenvalue weighted by Crippen LogP contribution is 2.28. The molecule has 4 aromatic rings. The molecule has 1 atom stereocenters. The van der Waals surface area contributed by atoms with Gasteiger partial charge in [-0.3, -0.25) is 14.2 Å². The van der Waals surface area contributed by atoms with E-state index in [0.717, 1.165) is 10.2 Å². The average molecular weight is 399 g/mol. The van der Waals surface area contributed by atoms with Crippen molar-refractivity contribution in [2.75, 3.05) is 5.32 Å². The van der Waals surface area contributed by atoms with Gasteiger partial charge in [-0.25, -0.2) is 9.97 Å². The van der Waals surface area contributed by atoms with Crippen molar-refractivity contribution in [1.82, 2.24) is 14.5 Å². The van der Waals surface area contributed by atoms with Crippen molar-refractivity contribution < 1.29 is 4.79 Å². The number of nitrogens with one attached hydrogen (secondary N) is 1. The van der Waals surface area contributed by atoms with Crippen LogP contribution >= 0.6 is 22.9 Å². The van der Waals surface area contributed by atoms with Gasteiger partial charge in [0.05, 0.1) is 11.8 Å². The lowest BCUT2D eigenvalue weighted by Gasteiger charge is -2.17. The molecule has 0 aliphatic rings. The highest BCUT2D eigenvalue weighted by atomic mass is 35.5. The van der Waals surface area contributed by atoms with Crippen molar-refractivity contribution in [1.29, 1.82) is 0 Å². The van der Waals surface area contributed by atoms with Crippen molar-refractivity contribution in [3.63, 3.8) is 0 Å². The molecule has 0 aliphatic heterocycles. The van der Waals surface area contributed by atoms with E-state index in [0.29, 0.717) is 27.3 Å². The molecule has 0 unspecified atom stereocenters. The fourth-order valence-electron chi connectivity index (χ4n) is 2.97. The van der Waals surface area contributed by atoms with E-state index in [1.165, 1.54) is 22.2 Å². The van der Waals surface area contributed by atoms with Crippen LogP contribution in [0.1, 0.15) is 19.4 Å². The van der Waals surface area contributed by atoms with Gasteiger partial charge in [0.2, 0.25) is 5.91 Å². The molecular formula is C19H15ClN4O2S. The Balaban J connectivity index is 1.73. The molecule has 3 aromatic heterocycles. The van der Waals surface area contributed by atoms with Gasteiger partial charge in [-0.05, 0) is 42.8 Å². The predicted molar refractivity (Wildman–Crippen MR) is 109 cm³/mol. The molecule has 0 bridgehead atoms. The van der Waals surface area contributed by atoms with Crippen LogP contribution in [0.25, 0.3) is 20.4 Å². The molecule has 27 heavy (non-hydrogen) atoms. The van der Waals surface area contributed by atoms with Gasteiger partial charge >= 0.3 is 0 Å². The smallest absolute Gasteiger partial charge is 0.272 e. The Kier molecular flexibility index (Phi) is 4.63. The Bertz CT molecular complexity index is 1200. The van der Waals surface area contributed by atoms with E-state index >= 15 is 0 Å². The Labute approximate surface area is 163 Å². The van der Waals surface area contributed by atoms with Crippen molar-refractivity contribution in [2.24, 2.45) is 0 Å². The highest BCUT2D eigenvalue weighted by Gasteiger charge is 2.22. The van der Waals surface area contributed by atoms with E-state index in [2.05, 4.69) is 15.3 Å². The minimum absolute atomic E-state index is 0.235. The summed E-state index contributed by atoms with van der Waals surface area (Å²) < 4.78 is 1.90. The van der Waals surface area contributed by atoms with E-state index < -0.39 is 6.04 Å². The summed E-state index contributed by atoms with van der Waals surface area (Å²) in [6.07, 6.45) is 3.58. The number of aromatic nitrogens is 3. The average Bonchev–Trinajstić information content (AvgIpc) is 3.06. The number of thiophene rings is 1. The van der Waals surface area contributed by atoms with Crippen LogP contribution in [0.15, 0.2) is 53.7 Å². The number of nitrogens with zero attached hydrogens (tertiary/aromatic N) is 3. The van der Waals surface area contributed by atoms with Gasteiger partial charge in [-0.15, -0.1) is 11.3 Å². The summed E-state index contributed by atoms with van der Waals surface area (Å²) in [6, 6.07) is 9.87. The first-order valence-electron chi connectivity index (χ1n) is 8.39. The summed E-state index contributed by atoms with van der Waals surface area (Å²) in [6.45, 7) is 1.86. The van der Waals surface area contributed by atoms with Crippen molar-refractivity contribution in [3.05, 3.63) is 64.3 Å². The summed E-state index contributed by atoms with van der Waals surface area (Å²) in [5, 5.41) is 4.26. The van der Waals surface area contributed by atoms with E-state index in [-0.39, 0.29) is 11.5 Å². The number of rotatable bonds is 4. The molecule has 1 amide bonds. The second-order valence-corrected chi connectivity index (χ2v) is 7.45. The maximum atomic E-state index is 13.0. The number of benzene rings is 1. The van der Waals surface area contributed by atoms with Gasteiger partial charge < -0.3 is 5.32 Å². The zero-order chi connectivity index (χ0) is 19.0. The van der Waals surface area contributed by atoms with Crippen LogP contribution in [0.4, 0.5) is 5.69 Å². The molecule has 0 saturated heterocycles. The van der Waals surface area contributed by atoms with Crippen LogP contribution in [-0.4, -0.2) is 20.4 Å². The lowest BCUT2D eigenvalue weighted by atomic mass is 10.2. The topological polar surface area (TPSA) is 76.9 Å². The molecule has 0 fully saturated rings. The molecule has 0 radical (unpaired) electrons. The molecule has 8 heteroatoms. The zero-order valence-corrected chi connectivity index (χ0v) is 15.9. The zero-order valence-electron chi connectivity index (χ0n) is 14.3. The van der Waals surface area contributed by atoms with Gasteiger partial charge in [-0.1, -0.05) is 18.5 Å². The summed E-state index contributed by atoms with van der Waals surface area (Å²) in [7, 11) is 0. The molecule has 1 aromatic carbocycles. The third-order valence-corrected chi connectivity index (χ3v) is 5.66. The predicted octanol–water partition coefficient (Wildman–Crippen LogP) is 4.25. The molecule has 136 valence electrons. The van der Waals surface area contributed by atoms with Crippen LogP contribution in [-0.2, 0) is 4.79 Å². The fraction of sp³-hybridized carbons (Fsp3) is 0.158. The number of carbonyl (C=O) groups is 1. The largest absolute Gasteiger partial charge is 0.324 e. The summed E-state index contributed by atoms with van der Waals surface area (Å²) in [5.74, 6) is -0.276. The summed E-state index contributed by atoms with van der Waals surface area (Å²) in [5.41, 5.74) is 1.01. The van der Waals surface area contributed by atoms with Gasteiger partial charge in [0.15, 0.2) is 0 Å². The molecule has 4 rings (SSSR count). The summed E-state index contributed by atoms with van der Waals surface area (Å²) in [4.78, 5) is 35.2. The first kappa shape index (κ1) is 17.6. The monoisotopic (exact) mass is 398 g/mol.